The summed E-state index contributed by atoms with van der Waals surface area (Å²) in [6.07, 6.45) is 8.09. The van der Waals surface area contributed by atoms with E-state index in [0.29, 0.717) is 0 Å². The molecule has 2 heteroatoms. The molecular formula is C9H17NS. The summed E-state index contributed by atoms with van der Waals surface area (Å²) in [6, 6.07) is 0. The Morgan fingerprint density at radius 2 is 2.36 bits per heavy atom. The summed E-state index contributed by atoms with van der Waals surface area (Å²) in [4.78, 5) is 0. The Kier molecular flexibility index (Phi) is 7.88. The Balaban J connectivity index is 3.05. The third-order valence-electron chi connectivity index (χ3n) is 1.39. The van der Waals surface area contributed by atoms with Gasteiger partial charge < -0.3 is 5.32 Å². The number of hydrogen-bond donors (Lipinski definition) is 1. The van der Waals surface area contributed by atoms with E-state index in [1.54, 1.807) is 0 Å². The summed E-state index contributed by atoms with van der Waals surface area (Å²) < 4.78 is 0. The molecule has 0 heterocycles. The van der Waals surface area contributed by atoms with E-state index in [1.165, 1.54) is 5.75 Å². The van der Waals surface area contributed by atoms with Crippen LogP contribution < -0.4 is 5.32 Å². The van der Waals surface area contributed by atoms with Crippen molar-refractivity contribution in [1.82, 2.24) is 5.32 Å². The van der Waals surface area contributed by atoms with Gasteiger partial charge in [-0.2, -0.15) is 11.8 Å². The molecule has 0 bridgehead atoms. The molecule has 1 unspecified atom stereocenters. The van der Waals surface area contributed by atoms with Gasteiger partial charge in [0.15, 0.2) is 0 Å². The number of nitrogens with one attached hydrogen (secondary N) is 1. The molecule has 0 aliphatic heterocycles. The van der Waals surface area contributed by atoms with Crippen molar-refractivity contribution in [2.45, 2.75) is 13.3 Å². The Hall–Kier alpha value is -0.130. The lowest BCUT2D eigenvalue weighted by Crippen LogP contribution is -2.23. The van der Waals surface area contributed by atoms with E-state index in [2.05, 4.69) is 24.4 Å². The van der Waals surface area contributed by atoms with E-state index in [-0.39, 0.29) is 0 Å². The van der Waals surface area contributed by atoms with E-state index < -0.39 is 0 Å². The van der Waals surface area contributed by atoms with Gasteiger partial charge in [-0.15, -0.1) is 12.3 Å². The summed E-state index contributed by atoms with van der Waals surface area (Å²) in [5.74, 6) is 4.58. The van der Waals surface area contributed by atoms with Gasteiger partial charge in [0.1, 0.15) is 0 Å². The predicted molar refractivity (Wildman–Crippen MR) is 53.9 cm³/mol. The summed E-state index contributed by atoms with van der Waals surface area (Å²) in [6.45, 7) is 4.29. The van der Waals surface area contributed by atoms with Gasteiger partial charge in [-0.05, 0) is 24.5 Å². The van der Waals surface area contributed by atoms with Crippen LogP contribution in [0.5, 0.6) is 0 Å². The molecule has 0 aromatic heterocycles. The Morgan fingerprint density at radius 3 is 2.91 bits per heavy atom. The van der Waals surface area contributed by atoms with Crippen molar-refractivity contribution in [2.24, 2.45) is 5.92 Å². The van der Waals surface area contributed by atoms with Crippen LogP contribution in [0, 0.1) is 18.3 Å². The van der Waals surface area contributed by atoms with Gasteiger partial charge in [0, 0.05) is 13.0 Å². The molecule has 0 spiro atoms. The van der Waals surface area contributed by atoms with E-state index in [9.17, 15) is 0 Å². The normalized spacial score (nSPS) is 12.5. The molecule has 1 nitrogen and oxygen atoms in total. The van der Waals surface area contributed by atoms with Crippen molar-refractivity contribution in [1.29, 1.82) is 0 Å². The zero-order valence-electron chi connectivity index (χ0n) is 7.39. The second-order valence-corrected chi connectivity index (χ2v) is 3.63. The van der Waals surface area contributed by atoms with Crippen LogP contribution in [-0.4, -0.2) is 25.1 Å². The highest BCUT2D eigenvalue weighted by Gasteiger charge is 1.98. The minimum atomic E-state index is 0.753. The van der Waals surface area contributed by atoms with Crippen molar-refractivity contribution in [3.05, 3.63) is 0 Å². The minimum absolute atomic E-state index is 0.753. The molecule has 0 fully saturated rings. The van der Waals surface area contributed by atoms with E-state index in [4.69, 9.17) is 6.42 Å². The minimum Gasteiger partial charge on any atom is -0.315 e. The molecule has 1 atom stereocenters. The fraction of sp³-hybridized carbons (Fsp3) is 0.778. The molecule has 0 aromatic carbocycles. The maximum absolute atomic E-state index is 5.11. The number of rotatable bonds is 6. The van der Waals surface area contributed by atoms with Crippen LogP contribution in [0.4, 0.5) is 0 Å². The number of terminal acetylenes is 1. The second-order valence-electron chi connectivity index (χ2n) is 2.72. The fourth-order valence-corrected chi connectivity index (χ4v) is 1.54. The first kappa shape index (κ1) is 10.9. The first-order chi connectivity index (χ1) is 5.31. The monoisotopic (exact) mass is 171 g/mol. The highest BCUT2D eigenvalue weighted by molar-refractivity contribution is 7.98. The van der Waals surface area contributed by atoms with Gasteiger partial charge in [-0.25, -0.2) is 0 Å². The van der Waals surface area contributed by atoms with Gasteiger partial charge in [-0.3, -0.25) is 0 Å². The van der Waals surface area contributed by atoms with Crippen LogP contribution in [0.2, 0.25) is 0 Å². The summed E-state index contributed by atoms with van der Waals surface area (Å²) in [5, 5.41) is 3.32. The molecule has 0 aliphatic carbocycles. The smallest absolute Gasteiger partial charge is 0.0211 e. The molecule has 0 saturated heterocycles. The van der Waals surface area contributed by atoms with Crippen LogP contribution in [0.1, 0.15) is 13.3 Å². The molecule has 0 amide bonds. The van der Waals surface area contributed by atoms with Crippen molar-refractivity contribution in [2.75, 3.05) is 25.1 Å². The maximum Gasteiger partial charge on any atom is 0.0211 e. The van der Waals surface area contributed by atoms with Gasteiger partial charge in [0.25, 0.3) is 0 Å². The maximum atomic E-state index is 5.11. The van der Waals surface area contributed by atoms with Crippen molar-refractivity contribution >= 4 is 11.8 Å². The summed E-state index contributed by atoms with van der Waals surface area (Å²) in [5.41, 5.74) is 0. The molecule has 0 aliphatic rings. The zero-order valence-corrected chi connectivity index (χ0v) is 8.21. The average Bonchev–Trinajstić information content (AvgIpc) is 1.99. The average molecular weight is 171 g/mol. The molecule has 0 rings (SSSR count). The van der Waals surface area contributed by atoms with Crippen LogP contribution in [-0.2, 0) is 0 Å². The lowest BCUT2D eigenvalue weighted by atomic mass is 10.2. The molecule has 11 heavy (non-hydrogen) atoms. The third-order valence-corrected chi connectivity index (χ3v) is 2.29. The molecule has 0 aromatic rings. The molecule has 1 N–H and O–H groups in total. The van der Waals surface area contributed by atoms with Crippen molar-refractivity contribution in [3.8, 4) is 12.3 Å². The zero-order chi connectivity index (χ0) is 8.53. The first-order valence-corrected chi connectivity index (χ1v) is 5.33. The lowest BCUT2D eigenvalue weighted by Gasteiger charge is -2.09. The van der Waals surface area contributed by atoms with E-state index >= 15 is 0 Å². The van der Waals surface area contributed by atoms with Gasteiger partial charge in [0.2, 0.25) is 0 Å². The van der Waals surface area contributed by atoms with Gasteiger partial charge in [0.05, 0.1) is 0 Å². The fourth-order valence-electron chi connectivity index (χ4n) is 0.852. The third kappa shape index (κ3) is 7.77. The summed E-state index contributed by atoms with van der Waals surface area (Å²) in [7, 11) is 0. The Bertz CT molecular complexity index is 117. The SMILES string of the molecule is C#CCCNCC(C)CSC. The quantitative estimate of drug-likeness (QED) is 0.481. The van der Waals surface area contributed by atoms with E-state index in [0.717, 1.165) is 25.4 Å². The number of thioether (sulfide) groups is 1. The number of hydrogen-bond acceptors (Lipinski definition) is 2. The highest BCUT2D eigenvalue weighted by atomic mass is 32.2. The molecule has 0 radical (unpaired) electrons. The molecule has 64 valence electrons. The lowest BCUT2D eigenvalue weighted by molar-refractivity contribution is 0.566. The van der Waals surface area contributed by atoms with Crippen LogP contribution in [0.25, 0.3) is 0 Å². The standard InChI is InChI=1S/C9H17NS/c1-4-5-6-10-7-9(2)8-11-3/h1,9-10H,5-8H2,2-3H3. The Labute approximate surface area is 74.3 Å². The largest absolute Gasteiger partial charge is 0.315 e. The molecular weight excluding hydrogens is 154 g/mol. The Morgan fingerprint density at radius 1 is 1.64 bits per heavy atom. The van der Waals surface area contributed by atoms with Crippen LogP contribution in [0.3, 0.4) is 0 Å². The van der Waals surface area contributed by atoms with Crippen LogP contribution in [0.15, 0.2) is 0 Å². The topological polar surface area (TPSA) is 12.0 Å². The van der Waals surface area contributed by atoms with Crippen molar-refractivity contribution < 1.29 is 0 Å². The highest BCUT2D eigenvalue weighted by Crippen LogP contribution is 2.02. The van der Waals surface area contributed by atoms with Crippen molar-refractivity contribution in [3.63, 3.8) is 0 Å². The van der Waals surface area contributed by atoms with E-state index in [1.807, 2.05) is 11.8 Å². The first-order valence-electron chi connectivity index (χ1n) is 3.94. The summed E-state index contributed by atoms with van der Waals surface area (Å²) >= 11 is 1.89. The molecule has 0 saturated carbocycles. The second kappa shape index (κ2) is 7.97. The van der Waals surface area contributed by atoms with Crippen LogP contribution >= 0.6 is 11.8 Å². The predicted octanol–water partition coefficient (Wildman–Crippen LogP) is 1.60. The van der Waals surface area contributed by atoms with Gasteiger partial charge >= 0.3 is 0 Å². The van der Waals surface area contributed by atoms with Gasteiger partial charge in [-0.1, -0.05) is 6.92 Å².